The van der Waals surface area contributed by atoms with E-state index in [-0.39, 0.29) is 11.3 Å². The van der Waals surface area contributed by atoms with Crippen molar-refractivity contribution in [2.45, 2.75) is 26.3 Å². The summed E-state index contributed by atoms with van der Waals surface area (Å²) < 4.78 is 1.59. The molecule has 0 atom stereocenters. The Morgan fingerprint density at radius 3 is 2.96 bits per heavy atom. The largest absolute Gasteiger partial charge is 0.506 e. The highest BCUT2D eigenvalue weighted by atomic mass is 16.3. The average molecular weight is 335 g/mol. The van der Waals surface area contributed by atoms with Gasteiger partial charge in [0.15, 0.2) is 0 Å². The Labute approximate surface area is 143 Å². The van der Waals surface area contributed by atoms with Crippen LogP contribution in [0.2, 0.25) is 0 Å². The maximum absolute atomic E-state index is 12.8. The highest BCUT2D eigenvalue weighted by Gasteiger charge is 2.25. The van der Waals surface area contributed by atoms with Crippen molar-refractivity contribution in [1.82, 2.24) is 9.55 Å². The Bertz CT molecular complexity index is 1070. The number of carbonyl (C=O) groups is 1. The van der Waals surface area contributed by atoms with Crippen molar-refractivity contribution in [2.24, 2.45) is 0 Å². The third-order valence-electron chi connectivity index (χ3n) is 4.55. The molecule has 2 N–H and O–H groups in total. The van der Waals surface area contributed by atoms with Crippen molar-refractivity contribution >= 4 is 22.6 Å². The second kappa shape index (κ2) is 5.73. The van der Waals surface area contributed by atoms with E-state index in [4.69, 9.17) is 0 Å². The van der Waals surface area contributed by atoms with Crippen molar-refractivity contribution in [3.05, 3.63) is 63.6 Å². The summed E-state index contributed by atoms with van der Waals surface area (Å²) in [7, 11) is 0. The van der Waals surface area contributed by atoms with Gasteiger partial charge in [0.2, 0.25) is 0 Å². The van der Waals surface area contributed by atoms with Gasteiger partial charge in [-0.05, 0) is 49.1 Å². The number of benzene rings is 1. The van der Waals surface area contributed by atoms with Gasteiger partial charge >= 0.3 is 0 Å². The first-order valence-corrected chi connectivity index (χ1v) is 8.17. The number of aromatic hydroxyl groups is 1. The van der Waals surface area contributed by atoms with Crippen LogP contribution in [-0.4, -0.2) is 20.6 Å². The number of hydrogen-bond donors (Lipinski definition) is 2. The third-order valence-corrected chi connectivity index (χ3v) is 4.55. The Kier molecular flexibility index (Phi) is 3.53. The van der Waals surface area contributed by atoms with Crippen LogP contribution in [-0.2, 0) is 13.0 Å². The Balaban J connectivity index is 1.88. The molecule has 0 unspecified atom stereocenters. The van der Waals surface area contributed by atoms with E-state index in [1.165, 1.54) is 0 Å². The number of amides is 1. The Hall–Kier alpha value is -3.15. The minimum atomic E-state index is -0.651. The Morgan fingerprint density at radius 1 is 1.32 bits per heavy atom. The van der Waals surface area contributed by atoms with Crippen LogP contribution in [0.25, 0.3) is 10.9 Å². The summed E-state index contributed by atoms with van der Waals surface area (Å²) >= 11 is 0. The molecule has 6 nitrogen and oxygen atoms in total. The van der Waals surface area contributed by atoms with E-state index in [0.29, 0.717) is 17.7 Å². The minimum Gasteiger partial charge on any atom is -0.506 e. The van der Waals surface area contributed by atoms with Gasteiger partial charge in [-0.1, -0.05) is 12.1 Å². The second-order valence-electron chi connectivity index (χ2n) is 6.27. The quantitative estimate of drug-likeness (QED) is 0.754. The SMILES string of the molecule is Cc1ccnc(NC(=O)c2c(O)c3cccc4c3n(c2=O)CCC4)c1. The van der Waals surface area contributed by atoms with E-state index < -0.39 is 11.5 Å². The third kappa shape index (κ3) is 2.46. The molecule has 1 amide bonds. The van der Waals surface area contributed by atoms with Crippen molar-refractivity contribution in [1.29, 1.82) is 0 Å². The molecule has 0 saturated carbocycles. The van der Waals surface area contributed by atoms with Gasteiger partial charge in [0.1, 0.15) is 17.1 Å². The summed E-state index contributed by atoms with van der Waals surface area (Å²) in [6.07, 6.45) is 3.26. The fourth-order valence-electron chi connectivity index (χ4n) is 3.40. The number of nitrogens with zero attached hydrogens (tertiary/aromatic N) is 2. The van der Waals surface area contributed by atoms with Gasteiger partial charge in [0, 0.05) is 18.1 Å². The number of aromatic nitrogens is 2. The lowest BCUT2D eigenvalue weighted by Crippen LogP contribution is -2.31. The van der Waals surface area contributed by atoms with Crippen LogP contribution >= 0.6 is 0 Å². The predicted molar refractivity (Wildman–Crippen MR) is 95.1 cm³/mol. The first-order valence-electron chi connectivity index (χ1n) is 8.17. The van der Waals surface area contributed by atoms with E-state index in [2.05, 4.69) is 10.3 Å². The van der Waals surface area contributed by atoms with Crippen LogP contribution in [0.15, 0.2) is 41.3 Å². The highest BCUT2D eigenvalue weighted by Crippen LogP contribution is 2.31. The van der Waals surface area contributed by atoms with Crippen molar-refractivity contribution in [3.63, 3.8) is 0 Å². The number of aryl methyl sites for hydroxylation is 3. The van der Waals surface area contributed by atoms with Crippen LogP contribution < -0.4 is 10.9 Å². The second-order valence-corrected chi connectivity index (χ2v) is 6.27. The standard InChI is InChI=1S/C19H17N3O3/c1-11-7-8-20-14(10-11)21-18(24)15-17(23)13-6-2-4-12-5-3-9-22(16(12)13)19(15)25/h2,4,6-8,10,23H,3,5,9H2,1H3,(H,20,21,24). The highest BCUT2D eigenvalue weighted by molar-refractivity contribution is 6.09. The van der Waals surface area contributed by atoms with E-state index in [1.807, 2.05) is 25.1 Å². The maximum Gasteiger partial charge on any atom is 0.267 e. The molecule has 3 aromatic rings. The topological polar surface area (TPSA) is 84.2 Å². The van der Waals surface area contributed by atoms with Crippen molar-refractivity contribution in [3.8, 4) is 5.75 Å². The molecule has 0 aliphatic carbocycles. The zero-order chi connectivity index (χ0) is 17.6. The summed E-state index contributed by atoms with van der Waals surface area (Å²) in [5, 5.41) is 13.7. The number of hydrogen-bond acceptors (Lipinski definition) is 4. The molecule has 4 rings (SSSR count). The van der Waals surface area contributed by atoms with Crippen molar-refractivity contribution in [2.75, 3.05) is 5.32 Å². The molecule has 126 valence electrons. The number of pyridine rings is 2. The zero-order valence-corrected chi connectivity index (χ0v) is 13.7. The van der Waals surface area contributed by atoms with Gasteiger partial charge < -0.3 is 15.0 Å². The summed E-state index contributed by atoms with van der Waals surface area (Å²) in [4.78, 5) is 29.6. The van der Waals surface area contributed by atoms with Gasteiger partial charge in [-0.3, -0.25) is 9.59 Å². The average Bonchev–Trinajstić information content (AvgIpc) is 2.59. The van der Waals surface area contributed by atoms with Crippen LogP contribution in [0, 0.1) is 6.92 Å². The molecular weight excluding hydrogens is 318 g/mol. The smallest absolute Gasteiger partial charge is 0.267 e. The van der Waals surface area contributed by atoms with E-state index in [1.54, 1.807) is 22.9 Å². The number of anilines is 1. The van der Waals surface area contributed by atoms with Gasteiger partial charge in [0.25, 0.3) is 11.5 Å². The molecule has 6 heteroatoms. The van der Waals surface area contributed by atoms with Crippen LogP contribution in [0.5, 0.6) is 5.75 Å². The lowest BCUT2D eigenvalue weighted by Gasteiger charge is -2.21. The van der Waals surface area contributed by atoms with Gasteiger partial charge in [-0.2, -0.15) is 0 Å². The van der Waals surface area contributed by atoms with Crippen LogP contribution in [0.1, 0.15) is 27.9 Å². The molecule has 0 fully saturated rings. The van der Waals surface area contributed by atoms with Crippen LogP contribution in [0.3, 0.4) is 0 Å². The Morgan fingerprint density at radius 2 is 2.16 bits per heavy atom. The summed E-state index contributed by atoms with van der Waals surface area (Å²) in [6, 6.07) is 9.03. The molecular formula is C19H17N3O3. The predicted octanol–water partition coefficient (Wildman–Crippen LogP) is 2.61. The molecule has 0 bridgehead atoms. The molecule has 2 aromatic heterocycles. The molecule has 25 heavy (non-hydrogen) atoms. The molecule has 0 radical (unpaired) electrons. The zero-order valence-electron chi connectivity index (χ0n) is 13.7. The monoisotopic (exact) mass is 335 g/mol. The fourth-order valence-corrected chi connectivity index (χ4v) is 3.40. The normalized spacial score (nSPS) is 13.0. The lowest BCUT2D eigenvalue weighted by atomic mass is 9.99. The van der Waals surface area contributed by atoms with Gasteiger partial charge in [0.05, 0.1) is 5.52 Å². The summed E-state index contributed by atoms with van der Waals surface area (Å²) in [5.41, 5.74) is 1.96. The molecule has 1 aliphatic heterocycles. The van der Waals surface area contributed by atoms with E-state index in [0.717, 1.165) is 29.5 Å². The number of para-hydroxylation sites is 1. The first-order chi connectivity index (χ1) is 12.1. The van der Waals surface area contributed by atoms with Crippen molar-refractivity contribution < 1.29 is 9.90 Å². The lowest BCUT2D eigenvalue weighted by molar-refractivity contribution is 0.102. The molecule has 1 aromatic carbocycles. The van der Waals surface area contributed by atoms with E-state index in [9.17, 15) is 14.7 Å². The summed E-state index contributed by atoms with van der Waals surface area (Å²) in [6.45, 7) is 2.42. The molecule has 0 saturated heterocycles. The fraction of sp³-hybridized carbons (Fsp3) is 0.211. The van der Waals surface area contributed by atoms with Gasteiger partial charge in [-0.25, -0.2) is 4.98 Å². The first kappa shape index (κ1) is 15.4. The number of nitrogens with one attached hydrogen (secondary N) is 1. The van der Waals surface area contributed by atoms with Crippen LogP contribution in [0.4, 0.5) is 5.82 Å². The summed E-state index contributed by atoms with van der Waals surface area (Å²) in [5.74, 6) is -0.580. The molecule has 3 heterocycles. The molecule has 1 aliphatic rings. The minimum absolute atomic E-state index is 0.241. The van der Waals surface area contributed by atoms with E-state index >= 15 is 0 Å². The molecule has 0 spiro atoms. The van der Waals surface area contributed by atoms with Gasteiger partial charge in [-0.15, -0.1) is 0 Å². The number of carbonyl (C=O) groups excluding carboxylic acids is 1. The maximum atomic E-state index is 12.8. The number of rotatable bonds is 2.